The summed E-state index contributed by atoms with van der Waals surface area (Å²) in [5.41, 5.74) is 1.45. The maximum atomic E-state index is 12.9. The van der Waals surface area contributed by atoms with Crippen molar-refractivity contribution in [2.75, 3.05) is 21.3 Å². The lowest BCUT2D eigenvalue weighted by atomic mass is 10.0. The molecule has 0 radical (unpaired) electrons. The third-order valence-electron chi connectivity index (χ3n) is 4.32. The highest BCUT2D eigenvalue weighted by Gasteiger charge is 2.33. The van der Waals surface area contributed by atoms with Gasteiger partial charge in [-0.15, -0.1) is 0 Å². The summed E-state index contributed by atoms with van der Waals surface area (Å²) in [5, 5.41) is 9.67. The van der Waals surface area contributed by atoms with Gasteiger partial charge in [0, 0.05) is 13.5 Å². The van der Waals surface area contributed by atoms with Crippen LogP contribution in [-0.2, 0) is 21.2 Å². The van der Waals surface area contributed by atoms with Crippen molar-refractivity contribution in [3.05, 3.63) is 53.6 Å². The van der Waals surface area contributed by atoms with Gasteiger partial charge >= 0.3 is 5.97 Å². The van der Waals surface area contributed by atoms with E-state index in [0.29, 0.717) is 17.1 Å². The second-order valence-electron chi connectivity index (χ2n) is 6.07. The first-order chi connectivity index (χ1) is 12.7. The molecule has 0 fully saturated rings. The van der Waals surface area contributed by atoms with Crippen molar-refractivity contribution in [2.24, 2.45) is 0 Å². The van der Waals surface area contributed by atoms with Gasteiger partial charge in [-0.3, -0.25) is 4.79 Å². The number of likely N-dealkylation sites (N-methyl/N-ethyl adjacent to an activating group) is 1. The van der Waals surface area contributed by atoms with E-state index in [0.717, 1.165) is 9.87 Å². The maximum Gasteiger partial charge on any atom is 0.322 e. The summed E-state index contributed by atoms with van der Waals surface area (Å²) in [6, 6.07) is 9.94. The van der Waals surface area contributed by atoms with E-state index in [9.17, 15) is 18.3 Å². The van der Waals surface area contributed by atoms with Gasteiger partial charge in [-0.1, -0.05) is 17.7 Å². The SMILES string of the molecule is COc1ccc(OC)c(C[C@@H](C(=O)O)N(C)S(=O)(=O)c2ccc(C)cc2)c1. The Labute approximate surface area is 159 Å². The third kappa shape index (κ3) is 4.58. The molecule has 0 unspecified atom stereocenters. The first-order valence-corrected chi connectivity index (χ1v) is 9.63. The molecule has 0 saturated carbocycles. The smallest absolute Gasteiger partial charge is 0.322 e. The third-order valence-corrected chi connectivity index (χ3v) is 6.20. The molecule has 146 valence electrons. The van der Waals surface area contributed by atoms with E-state index in [1.54, 1.807) is 30.3 Å². The largest absolute Gasteiger partial charge is 0.497 e. The highest BCUT2D eigenvalue weighted by molar-refractivity contribution is 7.89. The fourth-order valence-electron chi connectivity index (χ4n) is 2.67. The fourth-order valence-corrected chi connectivity index (χ4v) is 3.98. The van der Waals surface area contributed by atoms with Crippen LogP contribution in [0.4, 0.5) is 0 Å². The molecule has 2 rings (SSSR count). The quantitative estimate of drug-likeness (QED) is 0.740. The number of carboxylic acid groups (broad SMARTS) is 1. The Hall–Kier alpha value is -2.58. The number of methoxy groups -OCH3 is 2. The molecule has 7 nitrogen and oxygen atoms in total. The predicted octanol–water partition coefficient (Wildman–Crippen LogP) is 2.33. The van der Waals surface area contributed by atoms with Crippen LogP contribution < -0.4 is 9.47 Å². The molecule has 0 bridgehead atoms. The fraction of sp³-hybridized carbons (Fsp3) is 0.316. The van der Waals surface area contributed by atoms with Gasteiger partial charge in [0.25, 0.3) is 0 Å². The number of aryl methyl sites for hydroxylation is 1. The summed E-state index contributed by atoms with van der Waals surface area (Å²) >= 11 is 0. The number of rotatable bonds is 8. The summed E-state index contributed by atoms with van der Waals surface area (Å²) in [5.74, 6) is -0.264. The second kappa shape index (κ2) is 8.41. The zero-order valence-corrected chi connectivity index (χ0v) is 16.5. The van der Waals surface area contributed by atoms with Gasteiger partial charge in [0.05, 0.1) is 19.1 Å². The van der Waals surface area contributed by atoms with Crippen LogP contribution in [0.1, 0.15) is 11.1 Å². The Balaban J connectivity index is 2.40. The molecule has 0 spiro atoms. The van der Waals surface area contributed by atoms with Crippen LogP contribution in [0.25, 0.3) is 0 Å². The van der Waals surface area contributed by atoms with Crippen LogP contribution in [0, 0.1) is 6.92 Å². The predicted molar refractivity (Wildman–Crippen MR) is 101 cm³/mol. The molecule has 0 saturated heterocycles. The molecule has 2 aromatic rings. The molecule has 8 heteroatoms. The maximum absolute atomic E-state index is 12.9. The van der Waals surface area contributed by atoms with E-state index in [1.165, 1.54) is 33.4 Å². The number of benzene rings is 2. The Morgan fingerprint density at radius 2 is 1.74 bits per heavy atom. The van der Waals surface area contributed by atoms with Crippen molar-refractivity contribution in [1.82, 2.24) is 4.31 Å². The lowest BCUT2D eigenvalue weighted by molar-refractivity contribution is -0.141. The van der Waals surface area contributed by atoms with E-state index < -0.39 is 22.0 Å². The summed E-state index contributed by atoms with van der Waals surface area (Å²) in [6.07, 6.45) is -0.0721. The van der Waals surface area contributed by atoms with Crippen LogP contribution in [0.15, 0.2) is 47.4 Å². The highest BCUT2D eigenvalue weighted by atomic mass is 32.2. The number of aliphatic carboxylic acids is 1. The second-order valence-corrected chi connectivity index (χ2v) is 8.07. The lowest BCUT2D eigenvalue weighted by Crippen LogP contribution is -2.43. The molecule has 0 heterocycles. The minimum atomic E-state index is -3.97. The number of ether oxygens (including phenoxy) is 2. The zero-order valence-electron chi connectivity index (χ0n) is 15.7. The molecule has 0 amide bonds. The summed E-state index contributed by atoms with van der Waals surface area (Å²) in [4.78, 5) is 11.9. The van der Waals surface area contributed by atoms with Crippen molar-refractivity contribution in [2.45, 2.75) is 24.3 Å². The molecule has 0 aliphatic rings. The Bertz CT molecular complexity index is 908. The van der Waals surface area contributed by atoms with Gasteiger partial charge in [-0.05, 0) is 42.8 Å². The van der Waals surface area contributed by atoms with Crippen LogP contribution in [0.2, 0.25) is 0 Å². The highest BCUT2D eigenvalue weighted by Crippen LogP contribution is 2.27. The molecular formula is C19H23NO6S. The first-order valence-electron chi connectivity index (χ1n) is 8.19. The molecule has 1 N–H and O–H groups in total. The van der Waals surface area contributed by atoms with E-state index in [1.807, 2.05) is 6.92 Å². The lowest BCUT2D eigenvalue weighted by Gasteiger charge is -2.25. The van der Waals surface area contributed by atoms with Gasteiger partial charge in [-0.25, -0.2) is 8.42 Å². The summed E-state index contributed by atoms with van der Waals surface area (Å²) in [7, 11) is 0.250. The van der Waals surface area contributed by atoms with Crippen molar-refractivity contribution < 1.29 is 27.8 Å². The monoisotopic (exact) mass is 393 g/mol. The van der Waals surface area contributed by atoms with Crippen molar-refractivity contribution in [1.29, 1.82) is 0 Å². The van der Waals surface area contributed by atoms with Crippen LogP contribution in [0.5, 0.6) is 11.5 Å². The summed E-state index contributed by atoms with van der Waals surface area (Å²) < 4.78 is 37.0. The van der Waals surface area contributed by atoms with Gasteiger partial charge in [-0.2, -0.15) is 4.31 Å². The van der Waals surface area contributed by atoms with Crippen molar-refractivity contribution >= 4 is 16.0 Å². The van der Waals surface area contributed by atoms with E-state index in [4.69, 9.17) is 9.47 Å². The Kier molecular flexibility index (Phi) is 6.45. The van der Waals surface area contributed by atoms with Crippen molar-refractivity contribution in [3.8, 4) is 11.5 Å². The molecule has 2 aromatic carbocycles. The molecular weight excluding hydrogens is 370 g/mol. The standard InChI is InChI=1S/C19H23NO6S/c1-13-5-8-16(9-6-13)27(23,24)20(2)17(19(21)22)12-14-11-15(25-3)7-10-18(14)26-4/h5-11,17H,12H2,1-4H3,(H,21,22)/t17-/m0/s1. The molecule has 27 heavy (non-hydrogen) atoms. The minimum Gasteiger partial charge on any atom is -0.497 e. The van der Waals surface area contributed by atoms with Gasteiger partial charge < -0.3 is 14.6 Å². The Morgan fingerprint density at radius 3 is 2.26 bits per heavy atom. The van der Waals surface area contributed by atoms with E-state index >= 15 is 0 Å². The normalized spacial score (nSPS) is 12.6. The first kappa shape index (κ1) is 20.7. The van der Waals surface area contributed by atoms with E-state index in [-0.39, 0.29) is 11.3 Å². The minimum absolute atomic E-state index is 0.0412. The van der Waals surface area contributed by atoms with Crippen LogP contribution >= 0.6 is 0 Å². The topological polar surface area (TPSA) is 93.1 Å². The van der Waals surface area contributed by atoms with E-state index in [2.05, 4.69) is 0 Å². The number of sulfonamides is 1. The number of carbonyl (C=O) groups is 1. The number of carboxylic acids is 1. The average molecular weight is 393 g/mol. The summed E-state index contributed by atoms with van der Waals surface area (Å²) in [6.45, 7) is 1.84. The zero-order chi connectivity index (χ0) is 20.2. The number of nitrogens with zero attached hydrogens (tertiary/aromatic N) is 1. The molecule has 0 aromatic heterocycles. The van der Waals surface area contributed by atoms with Crippen LogP contribution in [0.3, 0.4) is 0 Å². The van der Waals surface area contributed by atoms with Gasteiger partial charge in [0.2, 0.25) is 10.0 Å². The van der Waals surface area contributed by atoms with Gasteiger partial charge in [0.1, 0.15) is 17.5 Å². The van der Waals surface area contributed by atoms with Crippen LogP contribution in [-0.4, -0.2) is 51.1 Å². The Morgan fingerprint density at radius 1 is 1.11 bits per heavy atom. The average Bonchev–Trinajstić information content (AvgIpc) is 2.65. The van der Waals surface area contributed by atoms with Gasteiger partial charge in [0.15, 0.2) is 0 Å². The number of hydrogen-bond acceptors (Lipinski definition) is 5. The van der Waals surface area contributed by atoms with Crippen molar-refractivity contribution in [3.63, 3.8) is 0 Å². The molecule has 0 aliphatic heterocycles. The molecule has 1 atom stereocenters. The number of hydrogen-bond donors (Lipinski definition) is 1. The molecule has 0 aliphatic carbocycles.